The minimum atomic E-state index is 0.0466. The van der Waals surface area contributed by atoms with Gasteiger partial charge in [0.15, 0.2) is 0 Å². The molecule has 1 aliphatic rings. The molecule has 0 atom stereocenters. The number of carbonyl (C=O) groups is 1. The molecule has 1 aliphatic carbocycles. The Labute approximate surface area is 123 Å². The second-order valence-corrected chi connectivity index (χ2v) is 6.19. The molecule has 1 amide bonds. The van der Waals surface area contributed by atoms with Crippen molar-refractivity contribution < 1.29 is 4.79 Å². The number of para-hydroxylation sites is 1. The van der Waals surface area contributed by atoms with Crippen LogP contribution in [-0.2, 0) is 19.3 Å². The van der Waals surface area contributed by atoms with Crippen LogP contribution in [0.4, 0.5) is 5.69 Å². The molecular weight excluding hydrogens is 266 g/mol. The lowest BCUT2D eigenvalue weighted by molar-refractivity contribution is 0.102. The third-order valence-corrected chi connectivity index (χ3v) is 5.04. The minimum absolute atomic E-state index is 0.0466. The van der Waals surface area contributed by atoms with Gasteiger partial charge in [0.25, 0.3) is 5.91 Å². The van der Waals surface area contributed by atoms with Gasteiger partial charge in [0.1, 0.15) is 0 Å². The van der Waals surface area contributed by atoms with Gasteiger partial charge in [-0.3, -0.25) is 4.79 Å². The highest BCUT2D eigenvalue weighted by molar-refractivity contribution is 7.10. The number of anilines is 1. The molecule has 0 fully saturated rings. The third-order valence-electron chi connectivity index (χ3n) is 3.95. The molecule has 0 aliphatic heterocycles. The first kappa shape index (κ1) is 13.4. The summed E-state index contributed by atoms with van der Waals surface area (Å²) in [7, 11) is 0. The van der Waals surface area contributed by atoms with Crippen molar-refractivity contribution in [3.05, 3.63) is 51.2 Å². The lowest BCUT2D eigenvalue weighted by Gasteiger charge is -2.13. The molecule has 0 bridgehead atoms. The Bertz CT molecular complexity index is 630. The SMILES string of the molecule is CCc1ccccc1NC(=O)c1csc2c1CCCC2. The van der Waals surface area contributed by atoms with E-state index in [-0.39, 0.29) is 5.91 Å². The topological polar surface area (TPSA) is 29.1 Å². The molecule has 0 spiro atoms. The van der Waals surface area contributed by atoms with Gasteiger partial charge in [0.05, 0.1) is 5.56 Å². The Morgan fingerprint density at radius 1 is 1.25 bits per heavy atom. The Balaban J connectivity index is 1.85. The summed E-state index contributed by atoms with van der Waals surface area (Å²) < 4.78 is 0. The van der Waals surface area contributed by atoms with Crippen molar-refractivity contribution in [3.63, 3.8) is 0 Å². The van der Waals surface area contributed by atoms with E-state index in [1.807, 2.05) is 23.6 Å². The highest BCUT2D eigenvalue weighted by Crippen LogP contribution is 2.30. The maximum atomic E-state index is 12.5. The molecule has 2 aromatic rings. The van der Waals surface area contributed by atoms with Crippen molar-refractivity contribution in [1.82, 2.24) is 0 Å². The zero-order valence-electron chi connectivity index (χ0n) is 11.7. The van der Waals surface area contributed by atoms with Gasteiger partial charge < -0.3 is 5.32 Å². The van der Waals surface area contributed by atoms with Crippen molar-refractivity contribution >= 4 is 22.9 Å². The fourth-order valence-electron chi connectivity index (χ4n) is 2.82. The number of rotatable bonds is 3. The Kier molecular flexibility index (Phi) is 3.88. The average Bonchev–Trinajstić information content (AvgIpc) is 2.92. The monoisotopic (exact) mass is 285 g/mol. The molecule has 1 aromatic heterocycles. The van der Waals surface area contributed by atoms with Crippen molar-refractivity contribution in [1.29, 1.82) is 0 Å². The van der Waals surface area contributed by atoms with Crippen molar-refractivity contribution in [3.8, 4) is 0 Å². The fraction of sp³-hybridized carbons (Fsp3) is 0.353. The molecule has 0 saturated heterocycles. The van der Waals surface area contributed by atoms with Gasteiger partial charge in [-0.1, -0.05) is 25.1 Å². The number of hydrogen-bond donors (Lipinski definition) is 1. The summed E-state index contributed by atoms with van der Waals surface area (Å²) in [5.41, 5.74) is 4.30. The molecule has 104 valence electrons. The van der Waals surface area contributed by atoms with Crippen LogP contribution in [0.3, 0.4) is 0 Å². The van der Waals surface area contributed by atoms with Gasteiger partial charge in [-0.15, -0.1) is 11.3 Å². The number of hydrogen-bond acceptors (Lipinski definition) is 2. The Morgan fingerprint density at radius 2 is 2.05 bits per heavy atom. The number of thiophene rings is 1. The van der Waals surface area contributed by atoms with Crippen LogP contribution in [0, 0.1) is 0 Å². The first-order valence-electron chi connectivity index (χ1n) is 7.28. The van der Waals surface area contributed by atoms with Crippen LogP contribution < -0.4 is 5.32 Å². The van der Waals surface area contributed by atoms with Gasteiger partial charge in [0.2, 0.25) is 0 Å². The molecule has 3 rings (SSSR count). The van der Waals surface area contributed by atoms with Crippen LogP contribution in [0.15, 0.2) is 29.6 Å². The quantitative estimate of drug-likeness (QED) is 0.887. The van der Waals surface area contributed by atoms with Gasteiger partial charge in [0, 0.05) is 15.9 Å². The molecule has 2 nitrogen and oxygen atoms in total. The van der Waals surface area contributed by atoms with Crippen molar-refractivity contribution in [2.75, 3.05) is 5.32 Å². The van der Waals surface area contributed by atoms with Crippen molar-refractivity contribution in [2.45, 2.75) is 39.0 Å². The van der Waals surface area contributed by atoms with E-state index in [1.54, 1.807) is 11.3 Å². The minimum Gasteiger partial charge on any atom is -0.322 e. The van der Waals surface area contributed by atoms with Gasteiger partial charge in [-0.05, 0) is 49.3 Å². The lowest BCUT2D eigenvalue weighted by atomic mass is 9.95. The van der Waals surface area contributed by atoms with Gasteiger partial charge >= 0.3 is 0 Å². The van der Waals surface area contributed by atoms with Crippen LogP contribution in [0.25, 0.3) is 0 Å². The zero-order valence-corrected chi connectivity index (χ0v) is 12.6. The molecule has 3 heteroatoms. The fourth-order valence-corrected chi connectivity index (χ4v) is 3.95. The summed E-state index contributed by atoms with van der Waals surface area (Å²) in [6.07, 6.45) is 5.58. The predicted octanol–water partition coefficient (Wildman–Crippen LogP) is 4.44. The molecular formula is C17H19NOS. The van der Waals surface area contributed by atoms with E-state index < -0.39 is 0 Å². The largest absolute Gasteiger partial charge is 0.322 e. The second kappa shape index (κ2) is 5.80. The summed E-state index contributed by atoms with van der Waals surface area (Å²) >= 11 is 1.74. The summed E-state index contributed by atoms with van der Waals surface area (Å²) in [4.78, 5) is 13.9. The van der Waals surface area contributed by atoms with E-state index >= 15 is 0 Å². The van der Waals surface area contributed by atoms with Gasteiger partial charge in [-0.2, -0.15) is 0 Å². The number of nitrogens with one attached hydrogen (secondary N) is 1. The highest BCUT2D eigenvalue weighted by atomic mass is 32.1. The van der Waals surface area contributed by atoms with E-state index in [1.165, 1.54) is 28.8 Å². The molecule has 0 unspecified atom stereocenters. The molecule has 1 aromatic carbocycles. The predicted molar refractivity (Wildman–Crippen MR) is 84.7 cm³/mol. The smallest absolute Gasteiger partial charge is 0.256 e. The van der Waals surface area contributed by atoms with Crippen LogP contribution in [0.2, 0.25) is 0 Å². The maximum Gasteiger partial charge on any atom is 0.256 e. The molecule has 1 N–H and O–H groups in total. The second-order valence-electron chi connectivity index (χ2n) is 5.22. The molecule has 20 heavy (non-hydrogen) atoms. The molecule has 1 heterocycles. The number of aryl methyl sites for hydroxylation is 2. The maximum absolute atomic E-state index is 12.5. The summed E-state index contributed by atoms with van der Waals surface area (Å²) in [5, 5.41) is 5.11. The Hall–Kier alpha value is -1.61. The van der Waals surface area contributed by atoms with E-state index in [4.69, 9.17) is 0 Å². The normalized spacial score (nSPS) is 13.8. The lowest BCUT2D eigenvalue weighted by Crippen LogP contribution is -2.15. The van der Waals surface area contributed by atoms with Crippen LogP contribution in [-0.4, -0.2) is 5.91 Å². The van der Waals surface area contributed by atoms with E-state index in [0.717, 1.165) is 30.5 Å². The van der Waals surface area contributed by atoms with Crippen LogP contribution >= 0.6 is 11.3 Å². The number of benzene rings is 1. The number of amides is 1. The Morgan fingerprint density at radius 3 is 2.90 bits per heavy atom. The first-order chi connectivity index (χ1) is 9.79. The van der Waals surface area contributed by atoms with Crippen molar-refractivity contribution in [2.24, 2.45) is 0 Å². The number of carbonyl (C=O) groups excluding carboxylic acids is 1. The number of fused-ring (bicyclic) bond motifs is 1. The highest BCUT2D eigenvalue weighted by Gasteiger charge is 2.20. The van der Waals surface area contributed by atoms with Gasteiger partial charge in [-0.25, -0.2) is 0 Å². The van der Waals surface area contributed by atoms with Crippen LogP contribution in [0.1, 0.15) is 46.1 Å². The van der Waals surface area contributed by atoms with E-state index in [2.05, 4.69) is 18.3 Å². The van der Waals surface area contributed by atoms with Crippen LogP contribution in [0.5, 0.6) is 0 Å². The first-order valence-corrected chi connectivity index (χ1v) is 8.16. The molecule has 0 radical (unpaired) electrons. The summed E-state index contributed by atoms with van der Waals surface area (Å²) in [6, 6.07) is 8.03. The van der Waals surface area contributed by atoms with E-state index in [9.17, 15) is 4.79 Å². The third kappa shape index (κ3) is 2.50. The van der Waals surface area contributed by atoms with E-state index in [0.29, 0.717) is 0 Å². The zero-order chi connectivity index (χ0) is 13.9. The molecule has 0 saturated carbocycles. The summed E-state index contributed by atoms with van der Waals surface area (Å²) in [5.74, 6) is 0.0466. The summed E-state index contributed by atoms with van der Waals surface area (Å²) in [6.45, 7) is 2.11. The standard InChI is InChI=1S/C17H19NOS/c1-2-12-7-3-5-9-15(12)18-17(19)14-11-20-16-10-6-4-8-13(14)16/h3,5,7,9,11H,2,4,6,8,10H2,1H3,(H,18,19). The average molecular weight is 285 g/mol.